The van der Waals surface area contributed by atoms with Crippen molar-refractivity contribution < 1.29 is 22.7 Å². The van der Waals surface area contributed by atoms with Gasteiger partial charge >= 0.3 is 6.18 Å². The second-order valence-corrected chi connectivity index (χ2v) is 3.72. The van der Waals surface area contributed by atoms with Gasteiger partial charge in [-0.05, 0) is 6.42 Å². The molecule has 2 unspecified atom stereocenters. The molecular formula is C10H18F4O. The van der Waals surface area contributed by atoms with Gasteiger partial charge in [-0.3, -0.25) is 0 Å². The molecule has 0 heterocycles. The Morgan fingerprint density at radius 3 is 2.00 bits per heavy atom. The lowest BCUT2D eigenvalue weighted by atomic mass is 10.00. The smallest absolute Gasteiger partial charge is 0.364 e. The van der Waals surface area contributed by atoms with Crippen molar-refractivity contribution in [3.05, 3.63) is 0 Å². The van der Waals surface area contributed by atoms with Gasteiger partial charge in [0.2, 0.25) is 6.36 Å². The van der Waals surface area contributed by atoms with Crippen LogP contribution in [0.5, 0.6) is 0 Å². The Morgan fingerprint density at radius 2 is 1.60 bits per heavy atom. The molecule has 0 aromatic heterocycles. The largest absolute Gasteiger partial charge is 0.396 e. The van der Waals surface area contributed by atoms with Crippen LogP contribution in [0.1, 0.15) is 45.4 Å². The van der Waals surface area contributed by atoms with Crippen LogP contribution in [0.3, 0.4) is 0 Å². The molecule has 0 aromatic carbocycles. The topological polar surface area (TPSA) is 20.2 Å². The van der Waals surface area contributed by atoms with E-state index in [1.165, 1.54) is 0 Å². The Morgan fingerprint density at radius 1 is 1.07 bits per heavy atom. The van der Waals surface area contributed by atoms with Gasteiger partial charge in [0.1, 0.15) is 5.92 Å². The normalized spacial score (nSPS) is 16.4. The van der Waals surface area contributed by atoms with Crippen molar-refractivity contribution in [2.24, 2.45) is 5.92 Å². The molecule has 0 rings (SSSR count). The summed E-state index contributed by atoms with van der Waals surface area (Å²) in [5.74, 6) is -2.22. The summed E-state index contributed by atoms with van der Waals surface area (Å²) in [6.45, 7) is 2.00. The van der Waals surface area contributed by atoms with Crippen LogP contribution in [0, 0.1) is 5.92 Å². The molecule has 0 saturated carbocycles. The monoisotopic (exact) mass is 230 g/mol. The van der Waals surface area contributed by atoms with E-state index in [4.69, 9.17) is 5.11 Å². The van der Waals surface area contributed by atoms with Crippen LogP contribution in [0.2, 0.25) is 0 Å². The summed E-state index contributed by atoms with van der Waals surface area (Å²) in [5, 5.41) is 8.36. The number of alkyl halides is 4. The molecule has 0 radical (unpaired) electrons. The third kappa shape index (κ3) is 6.71. The Bertz CT molecular complexity index is 156. The molecule has 0 fully saturated rings. The minimum atomic E-state index is -4.64. The van der Waals surface area contributed by atoms with Crippen LogP contribution >= 0.6 is 0 Å². The minimum absolute atomic E-state index is 0.311. The fourth-order valence-corrected chi connectivity index (χ4v) is 1.42. The van der Waals surface area contributed by atoms with Gasteiger partial charge in [0.25, 0.3) is 0 Å². The molecule has 92 valence electrons. The molecule has 0 saturated heterocycles. The van der Waals surface area contributed by atoms with Gasteiger partial charge in [-0.25, -0.2) is 4.39 Å². The van der Waals surface area contributed by atoms with Crippen LogP contribution in [0.25, 0.3) is 0 Å². The quantitative estimate of drug-likeness (QED) is 0.520. The molecule has 0 aromatic rings. The number of aliphatic hydroxyl groups excluding tert-OH is 1. The number of hydrogen-bond donors (Lipinski definition) is 1. The molecule has 0 bridgehead atoms. The minimum Gasteiger partial charge on any atom is -0.364 e. The van der Waals surface area contributed by atoms with Gasteiger partial charge in [-0.15, -0.1) is 0 Å². The molecule has 15 heavy (non-hydrogen) atoms. The number of unbranched alkanes of at least 4 members (excludes halogenated alkanes) is 4. The van der Waals surface area contributed by atoms with Crippen molar-refractivity contribution >= 4 is 0 Å². The van der Waals surface area contributed by atoms with E-state index in [0.29, 0.717) is 12.8 Å². The highest BCUT2D eigenvalue weighted by atomic mass is 19.4. The molecule has 0 aliphatic carbocycles. The lowest BCUT2D eigenvalue weighted by molar-refractivity contribution is -0.222. The average molecular weight is 230 g/mol. The second kappa shape index (κ2) is 7.04. The van der Waals surface area contributed by atoms with Gasteiger partial charge in [0.05, 0.1) is 0 Å². The lowest BCUT2D eigenvalue weighted by Gasteiger charge is -2.20. The van der Waals surface area contributed by atoms with E-state index in [0.717, 1.165) is 19.3 Å². The van der Waals surface area contributed by atoms with Crippen molar-refractivity contribution in [2.75, 3.05) is 0 Å². The maximum absolute atomic E-state index is 12.3. The van der Waals surface area contributed by atoms with Crippen molar-refractivity contribution in [1.82, 2.24) is 0 Å². The van der Waals surface area contributed by atoms with E-state index in [2.05, 4.69) is 0 Å². The van der Waals surface area contributed by atoms with Gasteiger partial charge in [-0.1, -0.05) is 39.0 Å². The van der Waals surface area contributed by atoms with Crippen molar-refractivity contribution in [3.8, 4) is 0 Å². The van der Waals surface area contributed by atoms with Crippen LogP contribution in [-0.2, 0) is 0 Å². The SMILES string of the molecule is CCCCCCCC(C(O)F)C(F)(F)F. The summed E-state index contributed by atoms with van der Waals surface area (Å²) in [6, 6.07) is 0. The zero-order chi connectivity index (χ0) is 11.9. The first-order valence-corrected chi connectivity index (χ1v) is 5.28. The lowest BCUT2D eigenvalue weighted by Crippen LogP contribution is -2.31. The second-order valence-electron chi connectivity index (χ2n) is 3.72. The standard InChI is InChI=1S/C10H18F4O/c1-2-3-4-5-6-7-8(9(11)15)10(12,13)14/h8-9,15H,2-7H2,1H3. The third-order valence-corrected chi connectivity index (χ3v) is 2.37. The first-order valence-electron chi connectivity index (χ1n) is 5.28. The number of halogens is 4. The Kier molecular flexibility index (Phi) is 6.89. The highest BCUT2D eigenvalue weighted by Gasteiger charge is 2.44. The highest BCUT2D eigenvalue weighted by Crippen LogP contribution is 2.33. The molecule has 5 heteroatoms. The molecule has 1 nitrogen and oxygen atoms in total. The number of rotatable bonds is 7. The van der Waals surface area contributed by atoms with E-state index in [9.17, 15) is 17.6 Å². The first-order chi connectivity index (χ1) is 6.89. The summed E-state index contributed by atoms with van der Waals surface area (Å²) in [7, 11) is 0. The molecular weight excluding hydrogens is 212 g/mol. The number of hydrogen-bond acceptors (Lipinski definition) is 1. The van der Waals surface area contributed by atoms with Gasteiger partial charge in [0, 0.05) is 0 Å². The first kappa shape index (κ1) is 14.7. The Balaban J connectivity index is 3.78. The summed E-state index contributed by atoms with van der Waals surface area (Å²) in [6.07, 6.45) is -3.94. The van der Waals surface area contributed by atoms with E-state index < -0.39 is 18.5 Å². The van der Waals surface area contributed by atoms with Crippen LogP contribution in [0.4, 0.5) is 17.6 Å². The van der Waals surface area contributed by atoms with Crippen molar-refractivity contribution in [1.29, 1.82) is 0 Å². The highest BCUT2D eigenvalue weighted by molar-refractivity contribution is 4.69. The molecule has 2 atom stereocenters. The zero-order valence-electron chi connectivity index (χ0n) is 8.86. The molecule has 1 N–H and O–H groups in total. The van der Waals surface area contributed by atoms with E-state index in [-0.39, 0.29) is 6.42 Å². The molecule has 0 spiro atoms. The van der Waals surface area contributed by atoms with E-state index >= 15 is 0 Å². The van der Waals surface area contributed by atoms with Crippen LogP contribution < -0.4 is 0 Å². The van der Waals surface area contributed by atoms with E-state index in [1.54, 1.807) is 0 Å². The number of aliphatic hydroxyl groups is 1. The molecule has 0 aliphatic heterocycles. The summed E-state index contributed by atoms with van der Waals surface area (Å²) in [5.41, 5.74) is 0. The van der Waals surface area contributed by atoms with Crippen LogP contribution in [-0.4, -0.2) is 17.6 Å². The molecule has 0 aliphatic rings. The van der Waals surface area contributed by atoms with Gasteiger partial charge < -0.3 is 5.11 Å². The van der Waals surface area contributed by atoms with Crippen molar-refractivity contribution in [2.45, 2.75) is 58.0 Å². The molecule has 0 amide bonds. The van der Waals surface area contributed by atoms with E-state index in [1.807, 2.05) is 6.92 Å². The third-order valence-electron chi connectivity index (χ3n) is 2.37. The summed E-state index contributed by atoms with van der Waals surface area (Å²) in [4.78, 5) is 0. The predicted octanol–water partition coefficient (Wildman–Crippen LogP) is 3.81. The predicted molar refractivity (Wildman–Crippen MR) is 50.0 cm³/mol. The van der Waals surface area contributed by atoms with Gasteiger partial charge in [-0.2, -0.15) is 13.2 Å². The van der Waals surface area contributed by atoms with Gasteiger partial charge in [0.15, 0.2) is 0 Å². The fourth-order valence-electron chi connectivity index (χ4n) is 1.42. The maximum atomic E-state index is 12.3. The Labute approximate surface area is 87.5 Å². The average Bonchev–Trinajstić information content (AvgIpc) is 2.08. The summed E-state index contributed by atoms with van der Waals surface area (Å²) < 4.78 is 48.7. The van der Waals surface area contributed by atoms with Crippen molar-refractivity contribution in [3.63, 3.8) is 0 Å². The zero-order valence-corrected chi connectivity index (χ0v) is 8.86. The Hall–Kier alpha value is -0.320. The maximum Gasteiger partial charge on any atom is 0.396 e. The van der Waals surface area contributed by atoms with Crippen LogP contribution in [0.15, 0.2) is 0 Å². The fraction of sp³-hybridized carbons (Fsp3) is 1.00. The summed E-state index contributed by atoms with van der Waals surface area (Å²) >= 11 is 0.